The first-order valence-corrected chi connectivity index (χ1v) is 17.1. The maximum atomic E-state index is 12.0. The van der Waals surface area contributed by atoms with Crippen molar-refractivity contribution in [3.63, 3.8) is 0 Å². The number of hydrogen-bond acceptors (Lipinski definition) is 5. The van der Waals surface area contributed by atoms with E-state index in [0.29, 0.717) is 12.8 Å². The lowest BCUT2D eigenvalue weighted by atomic mass is 10.0. The van der Waals surface area contributed by atoms with E-state index < -0.39 is 6.10 Å². The Morgan fingerprint density at radius 1 is 0.487 bits per heavy atom. The van der Waals surface area contributed by atoms with Gasteiger partial charge >= 0.3 is 11.9 Å². The van der Waals surface area contributed by atoms with Crippen molar-refractivity contribution in [2.24, 2.45) is 0 Å². The highest BCUT2D eigenvalue weighted by Gasteiger charge is 2.16. The van der Waals surface area contributed by atoms with Crippen LogP contribution in [0.25, 0.3) is 0 Å². The number of esters is 2. The van der Waals surface area contributed by atoms with Crippen molar-refractivity contribution in [3.05, 3.63) is 0 Å². The summed E-state index contributed by atoms with van der Waals surface area (Å²) in [6, 6.07) is 0. The van der Waals surface area contributed by atoms with Crippen molar-refractivity contribution >= 4 is 11.9 Å². The third-order valence-corrected chi connectivity index (χ3v) is 7.65. The molecule has 0 amide bonds. The van der Waals surface area contributed by atoms with Gasteiger partial charge in [-0.1, -0.05) is 162 Å². The standard InChI is InChI=1S/C34H66O5/c1-3-5-7-9-11-13-15-16-17-18-19-21-22-24-26-28-33(36)38-31-32(30-35)39-34(37)29-27-25-23-20-14-12-10-8-6-4-2/h32,35H,3-31H2,1-2H3/t32-/m0/s1. The number of aliphatic hydroxyl groups is 1. The summed E-state index contributed by atoms with van der Waals surface area (Å²) in [6.07, 6.45) is 31.5. The summed E-state index contributed by atoms with van der Waals surface area (Å²) < 4.78 is 10.5. The van der Waals surface area contributed by atoms with E-state index in [1.807, 2.05) is 0 Å². The average Bonchev–Trinajstić information content (AvgIpc) is 2.94. The van der Waals surface area contributed by atoms with Gasteiger partial charge in [0.15, 0.2) is 6.10 Å². The lowest BCUT2D eigenvalue weighted by Gasteiger charge is -2.15. The van der Waals surface area contributed by atoms with E-state index in [4.69, 9.17) is 9.47 Å². The fourth-order valence-corrected chi connectivity index (χ4v) is 5.02. The Labute approximate surface area is 242 Å². The minimum atomic E-state index is -0.759. The Morgan fingerprint density at radius 3 is 1.13 bits per heavy atom. The second kappa shape index (κ2) is 31.4. The minimum absolute atomic E-state index is 0.0577. The van der Waals surface area contributed by atoms with Crippen molar-refractivity contribution in [3.8, 4) is 0 Å². The van der Waals surface area contributed by atoms with Crippen LogP contribution < -0.4 is 0 Å². The Kier molecular flexibility index (Phi) is 30.5. The fraction of sp³-hybridized carbons (Fsp3) is 0.941. The first kappa shape index (κ1) is 37.9. The Hall–Kier alpha value is -1.10. The molecule has 0 aromatic heterocycles. The molecule has 232 valence electrons. The summed E-state index contributed by atoms with van der Waals surface area (Å²) in [6.45, 7) is 4.13. The molecule has 0 radical (unpaired) electrons. The summed E-state index contributed by atoms with van der Waals surface area (Å²) >= 11 is 0. The first-order valence-electron chi connectivity index (χ1n) is 17.1. The van der Waals surface area contributed by atoms with Gasteiger partial charge < -0.3 is 14.6 Å². The topological polar surface area (TPSA) is 72.8 Å². The highest BCUT2D eigenvalue weighted by atomic mass is 16.6. The highest BCUT2D eigenvalue weighted by molar-refractivity contribution is 5.70. The lowest BCUT2D eigenvalue weighted by Crippen LogP contribution is -2.28. The highest BCUT2D eigenvalue weighted by Crippen LogP contribution is 2.14. The number of unbranched alkanes of at least 4 members (excludes halogenated alkanes) is 23. The molecule has 5 nitrogen and oxygen atoms in total. The zero-order valence-electron chi connectivity index (χ0n) is 26.2. The van der Waals surface area contributed by atoms with Crippen LogP contribution in [0.5, 0.6) is 0 Å². The number of carbonyl (C=O) groups excluding carboxylic acids is 2. The van der Waals surface area contributed by atoms with Crippen LogP contribution in [0.4, 0.5) is 0 Å². The van der Waals surface area contributed by atoms with E-state index in [2.05, 4.69) is 13.8 Å². The molecule has 0 bridgehead atoms. The fourth-order valence-electron chi connectivity index (χ4n) is 5.02. The van der Waals surface area contributed by atoms with Gasteiger partial charge in [0.2, 0.25) is 0 Å². The molecule has 1 N–H and O–H groups in total. The van der Waals surface area contributed by atoms with Crippen LogP contribution in [0.3, 0.4) is 0 Å². The molecule has 0 saturated carbocycles. The average molecular weight is 555 g/mol. The molecule has 0 heterocycles. The van der Waals surface area contributed by atoms with Gasteiger partial charge in [0.1, 0.15) is 6.61 Å². The van der Waals surface area contributed by atoms with E-state index in [1.54, 1.807) is 0 Å². The molecule has 0 aliphatic heterocycles. The van der Waals surface area contributed by atoms with Crippen LogP contribution in [-0.4, -0.2) is 36.4 Å². The first-order chi connectivity index (χ1) is 19.1. The molecule has 0 aromatic rings. The second-order valence-corrected chi connectivity index (χ2v) is 11.6. The van der Waals surface area contributed by atoms with Crippen LogP contribution in [-0.2, 0) is 19.1 Å². The van der Waals surface area contributed by atoms with Gasteiger partial charge in [-0.2, -0.15) is 0 Å². The summed E-state index contributed by atoms with van der Waals surface area (Å²) in [5.74, 6) is -0.582. The third-order valence-electron chi connectivity index (χ3n) is 7.65. The molecule has 0 unspecified atom stereocenters. The molecule has 5 heteroatoms. The predicted octanol–water partition coefficient (Wildman–Crippen LogP) is 10.0. The van der Waals surface area contributed by atoms with Gasteiger partial charge in [0.25, 0.3) is 0 Å². The van der Waals surface area contributed by atoms with E-state index in [1.165, 1.54) is 128 Å². The maximum absolute atomic E-state index is 12.0. The molecular weight excluding hydrogens is 488 g/mol. The van der Waals surface area contributed by atoms with Crippen LogP contribution in [0.15, 0.2) is 0 Å². The number of ether oxygens (including phenoxy) is 2. The summed E-state index contributed by atoms with van der Waals surface area (Å²) in [7, 11) is 0. The molecule has 1 atom stereocenters. The Bertz CT molecular complexity index is 522. The molecule has 0 aliphatic rings. The molecule has 0 rings (SSSR count). The summed E-state index contributed by atoms with van der Waals surface area (Å²) in [4.78, 5) is 24.1. The SMILES string of the molecule is CCCCCCCCCCCCCCCCCC(=O)OC[C@H](CO)OC(=O)CCCCCCCCCCCC. The lowest BCUT2D eigenvalue weighted by molar-refractivity contribution is -0.161. The van der Waals surface area contributed by atoms with Crippen LogP contribution in [0.1, 0.15) is 187 Å². The van der Waals surface area contributed by atoms with Gasteiger partial charge in [0.05, 0.1) is 6.61 Å². The summed E-state index contributed by atoms with van der Waals surface area (Å²) in [5, 5.41) is 9.48. The van der Waals surface area contributed by atoms with Crippen molar-refractivity contribution in [2.75, 3.05) is 13.2 Å². The molecule has 39 heavy (non-hydrogen) atoms. The zero-order valence-corrected chi connectivity index (χ0v) is 26.2. The van der Waals surface area contributed by atoms with Crippen molar-refractivity contribution < 1.29 is 24.2 Å². The van der Waals surface area contributed by atoms with Crippen LogP contribution in [0.2, 0.25) is 0 Å². The van der Waals surface area contributed by atoms with Gasteiger partial charge in [-0.25, -0.2) is 0 Å². The molecule has 0 spiro atoms. The van der Waals surface area contributed by atoms with E-state index in [0.717, 1.165) is 32.1 Å². The number of rotatable bonds is 31. The monoisotopic (exact) mass is 554 g/mol. The van der Waals surface area contributed by atoms with E-state index in [-0.39, 0.29) is 25.2 Å². The van der Waals surface area contributed by atoms with Gasteiger partial charge in [-0.3, -0.25) is 9.59 Å². The minimum Gasteiger partial charge on any atom is -0.462 e. The molecule has 0 fully saturated rings. The van der Waals surface area contributed by atoms with E-state index >= 15 is 0 Å². The zero-order chi connectivity index (χ0) is 28.7. The van der Waals surface area contributed by atoms with Gasteiger partial charge in [0, 0.05) is 12.8 Å². The number of carbonyl (C=O) groups is 2. The predicted molar refractivity (Wildman–Crippen MR) is 164 cm³/mol. The largest absolute Gasteiger partial charge is 0.462 e. The van der Waals surface area contributed by atoms with Crippen molar-refractivity contribution in [1.82, 2.24) is 0 Å². The molecular formula is C34H66O5. The van der Waals surface area contributed by atoms with Crippen molar-refractivity contribution in [2.45, 2.75) is 193 Å². The third kappa shape index (κ3) is 29.7. The Morgan fingerprint density at radius 2 is 0.795 bits per heavy atom. The van der Waals surface area contributed by atoms with Gasteiger partial charge in [-0.15, -0.1) is 0 Å². The normalized spacial score (nSPS) is 12.0. The van der Waals surface area contributed by atoms with Gasteiger partial charge in [-0.05, 0) is 12.8 Å². The number of aliphatic hydroxyl groups excluding tert-OH is 1. The van der Waals surface area contributed by atoms with Crippen LogP contribution >= 0.6 is 0 Å². The quantitative estimate of drug-likeness (QED) is 0.0681. The molecule has 0 saturated heterocycles. The van der Waals surface area contributed by atoms with Crippen molar-refractivity contribution in [1.29, 1.82) is 0 Å². The van der Waals surface area contributed by atoms with Crippen LogP contribution in [0, 0.1) is 0 Å². The number of hydrogen-bond donors (Lipinski definition) is 1. The maximum Gasteiger partial charge on any atom is 0.306 e. The molecule has 0 aliphatic carbocycles. The smallest absolute Gasteiger partial charge is 0.306 e. The van der Waals surface area contributed by atoms with E-state index in [9.17, 15) is 14.7 Å². The summed E-state index contributed by atoms with van der Waals surface area (Å²) in [5.41, 5.74) is 0. The molecule has 0 aromatic carbocycles. The second-order valence-electron chi connectivity index (χ2n) is 11.6. The Balaban J connectivity index is 3.52.